The summed E-state index contributed by atoms with van der Waals surface area (Å²) in [4.78, 5) is 0. The van der Waals surface area contributed by atoms with E-state index in [1.54, 1.807) is 0 Å². The fourth-order valence-corrected chi connectivity index (χ4v) is 1.93. The Bertz CT molecular complexity index is 105. The van der Waals surface area contributed by atoms with Crippen molar-refractivity contribution in [3.8, 4) is 0 Å². The van der Waals surface area contributed by atoms with E-state index in [1.807, 2.05) is 0 Å². The van der Waals surface area contributed by atoms with Gasteiger partial charge in [-0.25, -0.2) is 0 Å². The molecule has 0 unspecified atom stereocenters. The van der Waals surface area contributed by atoms with Gasteiger partial charge in [0.15, 0.2) is 0 Å². The van der Waals surface area contributed by atoms with Crippen LogP contribution in [0, 0.1) is 11.3 Å². The highest BCUT2D eigenvalue weighted by Crippen LogP contribution is 2.65. The molecule has 0 radical (unpaired) electrons. The van der Waals surface area contributed by atoms with Crippen molar-refractivity contribution in [3.63, 3.8) is 0 Å². The van der Waals surface area contributed by atoms with E-state index in [-0.39, 0.29) is 0 Å². The largest absolute Gasteiger partial charge is 0.396 e. The first kappa shape index (κ1) is 4.80. The average Bonchev–Trinajstić information content (AvgIpc) is 2.36. The average molecular weight is 112 g/mol. The predicted octanol–water partition coefficient (Wildman–Crippen LogP) is 1.17. The Kier molecular flexibility index (Phi) is 0.762. The minimum absolute atomic E-state index is 0.444. The summed E-state index contributed by atoms with van der Waals surface area (Å²) in [5, 5.41) is 8.71. The zero-order valence-corrected chi connectivity index (χ0v) is 5.06. The maximum atomic E-state index is 8.71. The summed E-state index contributed by atoms with van der Waals surface area (Å²) in [5.41, 5.74) is 0.689. The predicted molar refractivity (Wildman–Crippen MR) is 31.5 cm³/mol. The van der Waals surface area contributed by atoms with Crippen LogP contribution in [-0.2, 0) is 0 Å². The van der Waals surface area contributed by atoms with Crippen LogP contribution in [0.3, 0.4) is 0 Å². The SMILES string of the molecule is OC[C@@H]1CC12CCC2. The van der Waals surface area contributed by atoms with Crippen LogP contribution in [0.2, 0.25) is 0 Å². The molecule has 0 bridgehead atoms. The van der Waals surface area contributed by atoms with Crippen LogP contribution in [0.4, 0.5) is 0 Å². The van der Waals surface area contributed by atoms with Crippen molar-refractivity contribution in [2.45, 2.75) is 25.7 Å². The first-order valence-electron chi connectivity index (χ1n) is 3.48. The first-order chi connectivity index (χ1) is 3.87. The maximum absolute atomic E-state index is 8.71. The quantitative estimate of drug-likeness (QED) is 0.540. The summed E-state index contributed by atoms with van der Waals surface area (Å²) in [6, 6.07) is 0. The van der Waals surface area contributed by atoms with E-state index in [2.05, 4.69) is 0 Å². The molecule has 0 aromatic rings. The van der Waals surface area contributed by atoms with Gasteiger partial charge in [0, 0.05) is 6.61 Å². The van der Waals surface area contributed by atoms with Crippen molar-refractivity contribution in [1.29, 1.82) is 0 Å². The fourth-order valence-electron chi connectivity index (χ4n) is 1.93. The van der Waals surface area contributed by atoms with Gasteiger partial charge in [0.05, 0.1) is 0 Å². The lowest BCUT2D eigenvalue weighted by Crippen LogP contribution is -2.15. The molecule has 46 valence electrons. The highest BCUT2D eigenvalue weighted by Gasteiger charge is 2.56. The van der Waals surface area contributed by atoms with E-state index in [4.69, 9.17) is 5.11 Å². The molecule has 0 amide bonds. The second-order valence-electron chi connectivity index (χ2n) is 3.30. The number of rotatable bonds is 1. The molecule has 2 saturated carbocycles. The van der Waals surface area contributed by atoms with Crippen molar-refractivity contribution < 1.29 is 5.11 Å². The molecule has 2 aliphatic rings. The van der Waals surface area contributed by atoms with Crippen LogP contribution >= 0.6 is 0 Å². The third-order valence-electron chi connectivity index (χ3n) is 2.93. The zero-order chi connectivity index (χ0) is 5.61. The Morgan fingerprint density at radius 2 is 2.25 bits per heavy atom. The second-order valence-corrected chi connectivity index (χ2v) is 3.30. The number of aliphatic hydroxyl groups is 1. The van der Waals surface area contributed by atoms with Crippen LogP contribution < -0.4 is 0 Å². The molecule has 0 aromatic heterocycles. The van der Waals surface area contributed by atoms with Gasteiger partial charge in [-0.1, -0.05) is 6.42 Å². The molecule has 1 N–H and O–H groups in total. The topological polar surface area (TPSA) is 20.2 Å². The Morgan fingerprint density at radius 3 is 2.38 bits per heavy atom. The van der Waals surface area contributed by atoms with Gasteiger partial charge in [-0.15, -0.1) is 0 Å². The lowest BCUT2D eigenvalue weighted by Gasteiger charge is -2.26. The Balaban J connectivity index is 1.93. The van der Waals surface area contributed by atoms with Gasteiger partial charge in [0.1, 0.15) is 0 Å². The van der Waals surface area contributed by atoms with E-state index in [9.17, 15) is 0 Å². The molecule has 1 atom stereocenters. The van der Waals surface area contributed by atoms with Crippen LogP contribution in [0.5, 0.6) is 0 Å². The summed E-state index contributed by atoms with van der Waals surface area (Å²) in [7, 11) is 0. The van der Waals surface area contributed by atoms with Crippen molar-refractivity contribution in [3.05, 3.63) is 0 Å². The first-order valence-corrected chi connectivity index (χ1v) is 3.48. The van der Waals surface area contributed by atoms with Gasteiger partial charge in [0.2, 0.25) is 0 Å². The van der Waals surface area contributed by atoms with E-state index < -0.39 is 0 Å². The Morgan fingerprint density at radius 1 is 1.50 bits per heavy atom. The van der Waals surface area contributed by atoms with Crippen molar-refractivity contribution >= 4 is 0 Å². The molecule has 0 heterocycles. The summed E-state index contributed by atoms with van der Waals surface area (Å²) >= 11 is 0. The van der Waals surface area contributed by atoms with Gasteiger partial charge in [-0.05, 0) is 30.6 Å². The Labute approximate surface area is 49.7 Å². The number of hydrogen-bond acceptors (Lipinski definition) is 1. The molecular weight excluding hydrogens is 100 g/mol. The van der Waals surface area contributed by atoms with Crippen molar-refractivity contribution in [1.82, 2.24) is 0 Å². The molecule has 8 heavy (non-hydrogen) atoms. The molecular formula is C7H12O. The van der Waals surface area contributed by atoms with E-state index in [0.29, 0.717) is 17.9 Å². The minimum Gasteiger partial charge on any atom is -0.396 e. The third kappa shape index (κ3) is 0.408. The zero-order valence-electron chi connectivity index (χ0n) is 5.06. The maximum Gasteiger partial charge on any atom is 0.0464 e. The lowest BCUT2D eigenvalue weighted by molar-refractivity contribution is 0.196. The fraction of sp³-hybridized carbons (Fsp3) is 1.00. The number of aliphatic hydroxyl groups excluding tert-OH is 1. The smallest absolute Gasteiger partial charge is 0.0464 e. The molecule has 1 nitrogen and oxygen atoms in total. The molecule has 2 aliphatic carbocycles. The summed E-state index contributed by atoms with van der Waals surface area (Å²) < 4.78 is 0. The summed E-state index contributed by atoms with van der Waals surface area (Å²) in [6.07, 6.45) is 5.54. The molecule has 2 fully saturated rings. The summed E-state index contributed by atoms with van der Waals surface area (Å²) in [6.45, 7) is 0.444. The molecule has 0 aromatic carbocycles. The summed E-state index contributed by atoms with van der Waals surface area (Å²) in [5.74, 6) is 0.705. The molecule has 0 aliphatic heterocycles. The lowest BCUT2D eigenvalue weighted by atomic mass is 9.80. The van der Waals surface area contributed by atoms with Crippen molar-refractivity contribution in [2.75, 3.05) is 6.61 Å². The normalized spacial score (nSPS) is 39.4. The highest BCUT2D eigenvalue weighted by molar-refractivity contribution is 5.06. The minimum atomic E-state index is 0.444. The van der Waals surface area contributed by atoms with Gasteiger partial charge < -0.3 is 5.11 Å². The van der Waals surface area contributed by atoms with Crippen LogP contribution in [0.25, 0.3) is 0 Å². The van der Waals surface area contributed by atoms with E-state index >= 15 is 0 Å². The van der Waals surface area contributed by atoms with Crippen LogP contribution in [-0.4, -0.2) is 11.7 Å². The van der Waals surface area contributed by atoms with Crippen molar-refractivity contribution in [2.24, 2.45) is 11.3 Å². The molecule has 1 heteroatoms. The van der Waals surface area contributed by atoms with Gasteiger partial charge in [-0.3, -0.25) is 0 Å². The second kappa shape index (κ2) is 1.27. The highest BCUT2D eigenvalue weighted by atomic mass is 16.3. The van der Waals surface area contributed by atoms with E-state index in [0.717, 1.165) is 0 Å². The molecule has 0 saturated heterocycles. The van der Waals surface area contributed by atoms with Crippen LogP contribution in [0.1, 0.15) is 25.7 Å². The molecule has 1 spiro atoms. The molecule has 2 rings (SSSR count). The van der Waals surface area contributed by atoms with Crippen LogP contribution in [0.15, 0.2) is 0 Å². The third-order valence-corrected chi connectivity index (χ3v) is 2.93. The number of hydrogen-bond donors (Lipinski definition) is 1. The van der Waals surface area contributed by atoms with E-state index in [1.165, 1.54) is 25.7 Å². The van der Waals surface area contributed by atoms with Gasteiger partial charge >= 0.3 is 0 Å². The Hall–Kier alpha value is -0.0400. The monoisotopic (exact) mass is 112 g/mol. The standard InChI is InChI=1S/C7H12O/c8-5-6-4-7(6)2-1-3-7/h6,8H,1-5H2/t6-/m0/s1. The van der Waals surface area contributed by atoms with Gasteiger partial charge in [-0.2, -0.15) is 0 Å². The van der Waals surface area contributed by atoms with Gasteiger partial charge in [0.25, 0.3) is 0 Å².